The van der Waals surface area contributed by atoms with E-state index in [1.54, 1.807) is 42.5 Å². The number of hydrogen-bond donors (Lipinski definition) is 4. The molecule has 1 aliphatic heterocycles. The number of benzene rings is 3. The monoisotopic (exact) mass is 547 g/mol. The van der Waals surface area contributed by atoms with Crippen molar-refractivity contribution in [2.75, 3.05) is 48.7 Å². The Labute approximate surface area is 234 Å². The van der Waals surface area contributed by atoms with Crippen LogP contribution in [0.3, 0.4) is 0 Å². The molecule has 0 unspecified atom stereocenters. The van der Waals surface area contributed by atoms with Crippen LogP contribution in [0.25, 0.3) is 0 Å². The Morgan fingerprint density at radius 2 is 1.62 bits per heavy atom. The highest BCUT2D eigenvalue weighted by Crippen LogP contribution is 2.25. The first kappa shape index (κ1) is 28.0. The topological polar surface area (TPSA) is 103 Å². The summed E-state index contributed by atoms with van der Waals surface area (Å²) in [5.41, 5.74) is 4.26. The molecule has 0 aromatic heterocycles. The quantitative estimate of drug-likeness (QED) is 0.234. The van der Waals surface area contributed by atoms with E-state index < -0.39 is 0 Å². The second-order valence-electron chi connectivity index (χ2n) is 9.49. The highest BCUT2D eigenvalue weighted by atomic mass is 35.5. The Morgan fingerprint density at radius 3 is 2.36 bits per heavy atom. The third kappa shape index (κ3) is 7.97. The molecule has 9 heteroatoms. The smallest absolute Gasteiger partial charge is 0.255 e. The molecular weight excluding hydrogens is 514 g/mol. The largest absolute Gasteiger partial charge is 0.383 e. The van der Waals surface area contributed by atoms with Gasteiger partial charge in [-0.3, -0.25) is 14.4 Å². The molecule has 4 rings (SSSR count). The maximum absolute atomic E-state index is 13.0. The van der Waals surface area contributed by atoms with Gasteiger partial charge in [0.2, 0.25) is 5.91 Å². The summed E-state index contributed by atoms with van der Waals surface area (Å²) in [5, 5.41) is 13.1. The molecule has 0 saturated carbocycles. The SMILES string of the molecule is Cc1ccccc1NCCNc1ccc(C(=O)NCCCN2CCCC2=O)cc1NC(=O)c1cccc(Cl)c1. The van der Waals surface area contributed by atoms with Gasteiger partial charge in [0.1, 0.15) is 0 Å². The molecule has 1 heterocycles. The van der Waals surface area contributed by atoms with E-state index in [0.717, 1.165) is 24.2 Å². The van der Waals surface area contributed by atoms with Crippen molar-refractivity contribution >= 4 is 46.4 Å². The predicted molar refractivity (Wildman–Crippen MR) is 157 cm³/mol. The second kappa shape index (κ2) is 13.7. The fourth-order valence-corrected chi connectivity index (χ4v) is 4.64. The molecule has 1 aliphatic rings. The molecule has 0 aliphatic carbocycles. The zero-order valence-corrected chi connectivity index (χ0v) is 22.8. The molecule has 8 nitrogen and oxygen atoms in total. The zero-order valence-electron chi connectivity index (χ0n) is 22.1. The van der Waals surface area contributed by atoms with Crippen molar-refractivity contribution in [1.29, 1.82) is 0 Å². The second-order valence-corrected chi connectivity index (χ2v) is 9.92. The molecule has 0 radical (unpaired) electrons. The van der Waals surface area contributed by atoms with Crippen LogP contribution in [0.2, 0.25) is 5.02 Å². The lowest BCUT2D eigenvalue weighted by Crippen LogP contribution is -2.30. The van der Waals surface area contributed by atoms with Gasteiger partial charge < -0.3 is 26.2 Å². The molecule has 1 saturated heterocycles. The number of amides is 3. The first-order chi connectivity index (χ1) is 18.9. The van der Waals surface area contributed by atoms with Crippen LogP contribution >= 0.6 is 11.6 Å². The van der Waals surface area contributed by atoms with Crippen LogP contribution in [0, 0.1) is 6.92 Å². The minimum Gasteiger partial charge on any atom is -0.383 e. The van der Waals surface area contributed by atoms with Crippen LogP contribution in [-0.4, -0.2) is 55.3 Å². The molecule has 4 N–H and O–H groups in total. The van der Waals surface area contributed by atoms with Crippen LogP contribution in [0.15, 0.2) is 66.7 Å². The van der Waals surface area contributed by atoms with Crippen LogP contribution < -0.4 is 21.3 Å². The standard InChI is InChI=1S/C30H34ClN5O3/c1-21-7-2-3-10-25(21)32-15-16-33-26-13-12-23(29(38)34-14-6-18-36-17-5-11-28(36)37)20-27(26)35-30(39)22-8-4-9-24(31)19-22/h2-4,7-10,12-13,19-20,32-33H,5-6,11,14-18H2,1H3,(H,34,38)(H,35,39). The van der Waals surface area contributed by atoms with E-state index in [1.165, 1.54) is 0 Å². The molecule has 0 spiro atoms. The first-order valence-electron chi connectivity index (χ1n) is 13.2. The fraction of sp³-hybridized carbons (Fsp3) is 0.300. The minimum absolute atomic E-state index is 0.179. The number of carbonyl (C=O) groups excluding carboxylic acids is 3. The normalized spacial score (nSPS) is 12.8. The third-order valence-corrected chi connectivity index (χ3v) is 6.81. The number of aryl methyl sites for hydroxylation is 1. The van der Waals surface area contributed by atoms with Crippen LogP contribution in [0.4, 0.5) is 17.1 Å². The number of carbonyl (C=O) groups is 3. The summed E-state index contributed by atoms with van der Waals surface area (Å²) in [6.45, 7) is 5.19. The molecule has 1 fully saturated rings. The van der Waals surface area contributed by atoms with Crippen LogP contribution in [0.1, 0.15) is 45.5 Å². The van der Waals surface area contributed by atoms with Crippen molar-refractivity contribution in [3.8, 4) is 0 Å². The number of rotatable bonds is 12. The average molecular weight is 548 g/mol. The Morgan fingerprint density at radius 1 is 0.846 bits per heavy atom. The van der Waals surface area contributed by atoms with Crippen molar-refractivity contribution in [3.63, 3.8) is 0 Å². The molecule has 3 amide bonds. The van der Waals surface area contributed by atoms with Gasteiger partial charge in [0.15, 0.2) is 0 Å². The Bertz CT molecular complexity index is 1330. The van der Waals surface area contributed by atoms with Gasteiger partial charge in [0.25, 0.3) is 11.8 Å². The van der Waals surface area contributed by atoms with E-state index in [9.17, 15) is 14.4 Å². The lowest BCUT2D eigenvalue weighted by atomic mass is 10.1. The van der Waals surface area contributed by atoms with Gasteiger partial charge in [-0.2, -0.15) is 0 Å². The van der Waals surface area contributed by atoms with E-state index >= 15 is 0 Å². The molecule has 3 aromatic carbocycles. The van der Waals surface area contributed by atoms with E-state index in [1.807, 2.05) is 23.1 Å². The highest BCUT2D eigenvalue weighted by Gasteiger charge is 2.19. The van der Waals surface area contributed by atoms with Crippen molar-refractivity contribution in [2.45, 2.75) is 26.2 Å². The lowest BCUT2D eigenvalue weighted by molar-refractivity contribution is -0.127. The van der Waals surface area contributed by atoms with E-state index in [-0.39, 0.29) is 17.7 Å². The number of nitrogens with zero attached hydrogens (tertiary/aromatic N) is 1. The van der Waals surface area contributed by atoms with Crippen molar-refractivity contribution in [2.24, 2.45) is 0 Å². The number of likely N-dealkylation sites (tertiary alicyclic amines) is 1. The molecule has 39 heavy (non-hydrogen) atoms. The van der Waals surface area contributed by atoms with Gasteiger partial charge in [-0.05, 0) is 67.8 Å². The molecular formula is C30H34ClN5O3. The maximum atomic E-state index is 13.0. The Kier molecular flexibility index (Phi) is 9.80. The number of nitrogens with one attached hydrogen (secondary N) is 4. The summed E-state index contributed by atoms with van der Waals surface area (Å²) in [5.74, 6) is -0.390. The summed E-state index contributed by atoms with van der Waals surface area (Å²) in [7, 11) is 0. The average Bonchev–Trinajstić information content (AvgIpc) is 3.34. The molecule has 3 aromatic rings. The number of halogens is 1. The molecule has 0 atom stereocenters. The van der Waals surface area contributed by atoms with E-state index in [4.69, 9.17) is 11.6 Å². The minimum atomic E-state index is -0.327. The highest BCUT2D eigenvalue weighted by molar-refractivity contribution is 6.31. The first-order valence-corrected chi connectivity index (χ1v) is 13.6. The lowest BCUT2D eigenvalue weighted by Gasteiger charge is -2.17. The summed E-state index contributed by atoms with van der Waals surface area (Å²) in [6.07, 6.45) is 2.19. The van der Waals surface area contributed by atoms with Gasteiger partial charge in [-0.1, -0.05) is 35.9 Å². The van der Waals surface area contributed by atoms with Gasteiger partial charge in [-0.15, -0.1) is 0 Å². The summed E-state index contributed by atoms with van der Waals surface area (Å²) in [4.78, 5) is 39.4. The number of anilines is 3. The van der Waals surface area contributed by atoms with Gasteiger partial charge in [0, 0.05) is 61.0 Å². The van der Waals surface area contributed by atoms with Gasteiger partial charge in [0.05, 0.1) is 11.4 Å². The molecule has 204 valence electrons. The van der Waals surface area contributed by atoms with Crippen molar-refractivity contribution in [3.05, 3.63) is 88.4 Å². The number of hydrogen-bond acceptors (Lipinski definition) is 5. The van der Waals surface area contributed by atoms with E-state index in [0.29, 0.717) is 66.5 Å². The van der Waals surface area contributed by atoms with Crippen LogP contribution in [0.5, 0.6) is 0 Å². The maximum Gasteiger partial charge on any atom is 0.255 e. The Balaban J connectivity index is 1.40. The summed E-state index contributed by atoms with van der Waals surface area (Å²) in [6, 6.07) is 20.0. The predicted octanol–water partition coefficient (Wildman–Crippen LogP) is 5.17. The van der Waals surface area contributed by atoms with Crippen LogP contribution in [-0.2, 0) is 4.79 Å². The van der Waals surface area contributed by atoms with Gasteiger partial charge >= 0.3 is 0 Å². The van der Waals surface area contributed by atoms with Gasteiger partial charge in [-0.25, -0.2) is 0 Å². The third-order valence-electron chi connectivity index (χ3n) is 6.58. The zero-order chi connectivity index (χ0) is 27.6. The Hall–Kier alpha value is -4.04. The van der Waals surface area contributed by atoms with Crippen molar-refractivity contribution < 1.29 is 14.4 Å². The van der Waals surface area contributed by atoms with Crippen molar-refractivity contribution in [1.82, 2.24) is 10.2 Å². The summed E-state index contributed by atoms with van der Waals surface area (Å²) >= 11 is 6.07. The number of para-hydroxylation sites is 1. The molecule has 0 bridgehead atoms. The van der Waals surface area contributed by atoms with E-state index in [2.05, 4.69) is 34.3 Å². The summed E-state index contributed by atoms with van der Waals surface area (Å²) < 4.78 is 0. The fourth-order valence-electron chi connectivity index (χ4n) is 4.45.